The molecule has 10 heteroatoms. The Morgan fingerprint density at radius 2 is 1.88 bits per heavy atom. The van der Waals surface area contributed by atoms with Crippen molar-refractivity contribution in [2.75, 3.05) is 26.2 Å². The standard InChI is InChI=1S/C22H29N5O5/c1-22(2,3)32-21(31)26-10-8-25(9-11-26)12-14-4-5-15-16(23-14)13-27(20(15)30)17-6-7-18(28)24-19(17)29/h4-5,17H,6-13H2,1-3H3,(H,24,28,29). The Kier molecular flexibility index (Phi) is 5.89. The molecule has 3 aliphatic heterocycles. The highest BCUT2D eigenvalue weighted by Crippen LogP contribution is 2.26. The monoisotopic (exact) mass is 443 g/mol. The third kappa shape index (κ3) is 4.74. The molecule has 1 atom stereocenters. The maximum Gasteiger partial charge on any atom is 0.410 e. The van der Waals surface area contributed by atoms with Crippen molar-refractivity contribution < 1.29 is 23.9 Å². The van der Waals surface area contributed by atoms with Crippen LogP contribution in [0.5, 0.6) is 0 Å². The summed E-state index contributed by atoms with van der Waals surface area (Å²) in [4.78, 5) is 58.7. The van der Waals surface area contributed by atoms with Crippen LogP contribution in [0.15, 0.2) is 12.1 Å². The van der Waals surface area contributed by atoms with Crippen LogP contribution < -0.4 is 5.32 Å². The molecule has 172 valence electrons. The lowest BCUT2D eigenvalue weighted by Gasteiger charge is -2.35. The van der Waals surface area contributed by atoms with Crippen LogP contribution in [0.3, 0.4) is 0 Å². The fourth-order valence-corrected chi connectivity index (χ4v) is 4.21. The zero-order valence-corrected chi connectivity index (χ0v) is 18.7. The number of amides is 4. The fraction of sp³-hybridized carbons (Fsp3) is 0.591. The van der Waals surface area contributed by atoms with E-state index in [0.717, 1.165) is 5.69 Å². The Morgan fingerprint density at radius 3 is 2.53 bits per heavy atom. The van der Waals surface area contributed by atoms with Crippen molar-refractivity contribution in [2.24, 2.45) is 0 Å². The number of ether oxygens (including phenoxy) is 1. The van der Waals surface area contributed by atoms with Crippen LogP contribution in [0.2, 0.25) is 0 Å². The van der Waals surface area contributed by atoms with Crippen LogP contribution in [0.4, 0.5) is 4.79 Å². The van der Waals surface area contributed by atoms with Crippen LogP contribution in [-0.4, -0.2) is 81.3 Å². The molecule has 1 aromatic heterocycles. The lowest BCUT2D eigenvalue weighted by atomic mass is 10.0. The normalized spacial score (nSPS) is 22.1. The van der Waals surface area contributed by atoms with Crippen molar-refractivity contribution in [3.05, 3.63) is 29.1 Å². The van der Waals surface area contributed by atoms with Gasteiger partial charge in [-0.25, -0.2) is 4.79 Å². The molecular formula is C22H29N5O5. The summed E-state index contributed by atoms with van der Waals surface area (Å²) in [7, 11) is 0. The molecule has 1 N–H and O–H groups in total. The number of fused-ring (bicyclic) bond motifs is 1. The zero-order chi connectivity index (χ0) is 23.0. The minimum atomic E-state index is -0.640. The number of piperidine rings is 1. The van der Waals surface area contributed by atoms with Crippen molar-refractivity contribution in [3.63, 3.8) is 0 Å². The van der Waals surface area contributed by atoms with Gasteiger partial charge in [0.25, 0.3) is 5.91 Å². The molecule has 1 aromatic rings. The smallest absolute Gasteiger partial charge is 0.410 e. The lowest BCUT2D eigenvalue weighted by Crippen LogP contribution is -2.52. The van der Waals surface area contributed by atoms with Gasteiger partial charge in [0.1, 0.15) is 11.6 Å². The Balaban J connectivity index is 1.35. The highest BCUT2D eigenvalue weighted by molar-refractivity contribution is 6.05. The van der Waals surface area contributed by atoms with Crippen molar-refractivity contribution in [1.82, 2.24) is 25.0 Å². The van der Waals surface area contributed by atoms with Gasteiger partial charge in [0, 0.05) is 39.1 Å². The van der Waals surface area contributed by atoms with Gasteiger partial charge in [0.15, 0.2) is 0 Å². The third-order valence-electron chi connectivity index (χ3n) is 5.84. The summed E-state index contributed by atoms with van der Waals surface area (Å²) in [6.07, 6.45) is 0.267. The molecule has 0 aromatic carbocycles. The molecule has 0 aliphatic carbocycles. The van der Waals surface area contributed by atoms with E-state index in [1.54, 1.807) is 11.0 Å². The second-order valence-electron chi connectivity index (χ2n) is 9.44. The summed E-state index contributed by atoms with van der Waals surface area (Å²) in [6.45, 7) is 9.02. The van der Waals surface area contributed by atoms with Gasteiger partial charge >= 0.3 is 6.09 Å². The molecular weight excluding hydrogens is 414 g/mol. The van der Waals surface area contributed by atoms with Gasteiger partial charge in [0.2, 0.25) is 11.8 Å². The minimum Gasteiger partial charge on any atom is -0.444 e. The van der Waals surface area contributed by atoms with Crippen molar-refractivity contribution in [2.45, 2.75) is 58.3 Å². The van der Waals surface area contributed by atoms with Gasteiger partial charge in [0.05, 0.1) is 23.5 Å². The van der Waals surface area contributed by atoms with Gasteiger partial charge in [-0.1, -0.05) is 0 Å². The summed E-state index contributed by atoms with van der Waals surface area (Å²) in [5.74, 6) is -0.951. The van der Waals surface area contributed by atoms with E-state index in [0.29, 0.717) is 50.4 Å². The first-order valence-electron chi connectivity index (χ1n) is 10.9. The zero-order valence-electron chi connectivity index (χ0n) is 18.7. The molecule has 4 amide bonds. The van der Waals surface area contributed by atoms with Crippen LogP contribution in [-0.2, 0) is 27.4 Å². The van der Waals surface area contributed by atoms with Crippen molar-refractivity contribution in [1.29, 1.82) is 0 Å². The van der Waals surface area contributed by atoms with E-state index in [1.807, 2.05) is 26.8 Å². The highest BCUT2D eigenvalue weighted by Gasteiger charge is 2.39. The van der Waals surface area contributed by atoms with Gasteiger partial charge < -0.3 is 14.5 Å². The van der Waals surface area contributed by atoms with Crippen LogP contribution in [0.1, 0.15) is 55.4 Å². The predicted octanol–water partition coefficient (Wildman–Crippen LogP) is 0.895. The summed E-state index contributed by atoms with van der Waals surface area (Å²) in [6, 6.07) is 2.96. The van der Waals surface area contributed by atoms with E-state index in [9.17, 15) is 19.2 Å². The average Bonchev–Trinajstić information content (AvgIpc) is 3.03. The fourth-order valence-electron chi connectivity index (χ4n) is 4.21. The van der Waals surface area contributed by atoms with E-state index in [1.165, 1.54) is 4.90 Å². The molecule has 32 heavy (non-hydrogen) atoms. The molecule has 0 saturated carbocycles. The molecule has 0 radical (unpaired) electrons. The third-order valence-corrected chi connectivity index (χ3v) is 5.84. The van der Waals surface area contributed by atoms with Gasteiger partial charge in [-0.2, -0.15) is 0 Å². The molecule has 4 rings (SSSR count). The average molecular weight is 444 g/mol. The van der Waals surface area contributed by atoms with Gasteiger partial charge in [-0.15, -0.1) is 0 Å². The quantitative estimate of drug-likeness (QED) is 0.691. The maximum atomic E-state index is 12.8. The van der Waals surface area contributed by atoms with Crippen LogP contribution in [0, 0.1) is 0 Å². The summed E-state index contributed by atoms with van der Waals surface area (Å²) >= 11 is 0. The number of aromatic nitrogens is 1. The first kappa shape index (κ1) is 22.2. The van der Waals surface area contributed by atoms with E-state index in [2.05, 4.69) is 15.2 Å². The topological polar surface area (TPSA) is 112 Å². The molecule has 0 spiro atoms. The number of pyridine rings is 1. The molecule has 1 unspecified atom stereocenters. The summed E-state index contributed by atoms with van der Waals surface area (Å²) < 4.78 is 5.44. The Hall–Kier alpha value is -3.01. The predicted molar refractivity (Wildman–Crippen MR) is 113 cm³/mol. The maximum absolute atomic E-state index is 12.8. The summed E-state index contributed by atoms with van der Waals surface area (Å²) in [5, 5.41) is 2.31. The molecule has 4 heterocycles. The number of imide groups is 1. The van der Waals surface area contributed by atoms with Crippen molar-refractivity contribution >= 4 is 23.8 Å². The lowest BCUT2D eigenvalue weighted by molar-refractivity contribution is -0.136. The van der Waals surface area contributed by atoms with Crippen molar-refractivity contribution in [3.8, 4) is 0 Å². The van der Waals surface area contributed by atoms with E-state index < -0.39 is 17.6 Å². The van der Waals surface area contributed by atoms with Gasteiger partial charge in [-0.3, -0.25) is 29.6 Å². The number of hydrogen-bond donors (Lipinski definition) is 1. The number of nitrogens with one attached hydrogen (secondary N) is 1. The molecule has 3 aliphatic rings. The molecule has 0 bridgehead atoms. The molecule has 2 fully saturated rings. The molecule has 2 saturated heterocycles. The van der Waals surface area contributed by atoms with E-state index in [4.69, 9.17) is 4.74 Å². The second kappa shape index (κ2) is 8.50. The first-order chi connectivity index (χ1) is 15.1. The van der Waals surface area contributed by atoms with Gasteiger partial charge in [-0.05, 0) is 39.3 Å². The summed E-state index contributed by atoms with van der Waals surface area (Å²) in [5.41, 5.74) is 1.49. The Bertz CT molecular complexity index is 949. The van der Waals surface area contributed by atoms with E-state index >= 15 is 0 Å². The number of nitrogens with zero attached hydrogens (tertiary/aromatic N) is 4. The Morgan fingerprint density at radius 1 is 1.16 bits per heavy atom. The number of rotatable bonds is 3. The van der Waals surface area contributed by atoms with Crippen LogP contribution >= 0.6 is 0 Å². The van der Waals surface area contributed by atoms with E-state index in [-0.39, 0.29) is 30.9 Å². The molecule has 10 nitrogen and oxygen atoms in total. The number of carbonyl (C=O) groups excluding carboxylic acids is 4. The first-order valence-corrected chi connectivity index (χ1v) is 10.9. The number of hydrogen-bond acceptors (Lipinski definition) is 7. The number of carbonyl (C=O) groups is 4. The van der Waals surface area contributed by atoms with Crippen LogP contribution in [0.25, 0.3) is 0 Å². The SMILES string of the molecule is CC(C)(C)OC(=O)N1CCN(Cc2ccc3c(n2)CN(C2CCC(=O)NC2=O)C3=O)CC1. The Labute approximate surface area is 186 Å². The largest absolute Gasteiger partial charge is 0.444 e. The number of piperazine rings is 1. The minimum absolute atomic E-state index is 0.223. The second-order valence-corrected chi connectivity index (χ2v) is 9.44. The highest BCUT2D eigenvalue weighted by atomic mass is 16.6.